The van der Waals surface area contributed by atoms with E-state index in [9.17, 15) is 19.2 Å². The van der Waals surface area contributed by atoms with Crippen LogP contribution in [0.4, 0.5) is 10.5 Å². The Morgan fingerprint density at radius 3 is 2.46 bits per heavy atom. The lowest BCUT2D eigenvalue weighted by molar-refractivity contribution is -0.124. The number of carbonyl (C=O) groups excluding carboxylic acids is 4. The minimum absolute atomic E-state index is 0.0116. The quantitative estimate of drug-likeness (QED) is 0.394. The van der Waals surface area contributed by atoms with Gasteiger partial charge in [0, 0.05) is 42.9 Å². The Bertz CT molecular complexity index is 1240. The minimum atomic E-state index is -0.634. The third kappa shape index (κ3) is 8.34. The number of benzene rings is 1. The number of likely N-dealkylation sites (N-methyl/N-ethyl adjacent to an activating group) is 1. The first-order valence-corrected chi connectivity index (χ1v) is 11.8. The first-order valence-electron chi connectivity index (χ1n) is 11.4. The maximum absolute atomic E-state index is 12.7. The average molecular weight is 523 g/mol. The SMILES string of the molecule is C=C1/C=C(NC(=O)CC(C)CC(=O)Nc2ccc(C#N)c(Cl)c2)\C=C/CN(CC#N)C(=O)N(CC)C1=O. The fourth-order valence-electron chi connectivity index (χ4n) is 3.50. The summed E-state index contributed by atoms with van der Waals surface area (Å²) in [6, 6.07) is 7.79. The van der Waals surface area contributed by atoms with E-state index in [-0.39, 0.29) is 66.5 Å². The molecule has 1 aromatic rings. The smallest absolute Gasteiger partial charge is 0.326 e. The van der Waals surface area contributed by atoms with Crippen molar-refractivity contribution < 1.29 is 19.2 Å². The molecule has 0 saturated heterocycles. The number of hydrogen-bond acceptors (Lipinski definition) is 6. The molecule has 11 heteroatoms. The molecule has 0 aliphatic carbocycles. The monoisotopic (exact) mass is 522 g/mol. The zero-order chi connectivity index (χ0) is 27.5. The summed E-state index contributed by atoms with van der Waals surface area (Å²) in [6.45, 7) is 7.04. The predicted octanol–water partition coefficient (Wildman–Crippen LogP) is 3.49. The van der Waals surface area contributed by atoms with Crippen LogP contribution in [-0.2, 0) is 14.4 Å². The van der Waals surface area contributed by atoms with E-state index in [0.29, 0.717) is 11.3 Å². The third-order valence-corrected chi connectivity index (χ3v) is 5.59. The number of urea groups is 1. The van der Waals surface area contributed by atoms with Crippen LogP contribution in [0, 0.1) is 28.6 Å². The van der Waals surface area contributed by atoms with Gasteiger partial charge in [0.15, 0.2) is 0 Å². The van der Waals surface area contributed by atoms with Gasteiger partial charge >= 0.3 is 6.03 Å². The van der Waals surface area contributed by atoms with E-state index in [1.54, 1.807) is 26.0 Å². The van der Waals surface area contributed by atoms with Crippen LogP contribution >= 0.6 is 11.6 Å². The zero-order valence-electron chi connectivity index (χ0n) is 20.6. The third-order valence-electron chi connectivity index (χ3n) is 5.28. The predicted molar refractivity (Wildman–Crippen MR) is 138 cm³/mol. The molecule has 1 aliphatic heterocycles. The molecule has 0 bridgehead atoms. The molecule has 37 heavy (non-hydrogen) atoms. The molecular formula is C26H27ClN6O4. The first-order chi connectivity index (χ1) is 17.6. The van der Waals surface area contributed by atoms with E-state index in [1.165, 1.54) is 29.2 Å². The summed E-state index contributed by atoms with van der Waals surface area (Å²) in [5.41, 5.74) is 1.01. The van der Waals surface area contributed by atoms with Gasteiger partial charge in [-0.3, -0.25) is 19.3 Å². The number of amides is 5. The number of nitrogens with one attached hydrogen (secondary N) is 2. The number of rotatable bonds is 8. The van der Waals surface area contributed by atoms with Gasteiger partial charge in [0.1, 0.15) is 12.6 Å². The topological polar surface area (TPSA) is 146 Å². The molecule has 1 aromatic carbocycles. The van der Waals surface area contributed by atoms with Gasteiger partial charge < -0.3 is 15.5 Å². The van der Waals surface area contributed by atoms with Gasteiger partial charge in [-0.2, -0.15) is 10.5 Å². The highest BCUT2D eigenvalue weighted by Gasteiger charge is 2.26. The van der Waals surface area contributed by atoms with E-state index in [1.807, 2.05) is 12.1 Å². The summed E-state index contributed by atoms with van der Waals surface area (Å²) < 4.78 is 0. The number of anilines is 1. The zero-order valence-corrected chi connectivity index (χ0v) is 21.3. The molecule has 1 aliphatic rings. The number of halogens is 1. The lowest BCUT2D eigenvalue weighted by atomic mass is 10.0. The normalized spacial score (nSPS) is 17.1. The lowest BCUT2D eigenvalue weighted by Gasteiger charge is -2.27. The van der Waals surface area contributed by atoms with Crippen LogP contribution in [0.1, 0.15) is 32.3 Å². The van der Waals surface area contributed by atoms with Crippen molar-refractivity contribution in [1.82, 2.24) is 15.1 Å². The minimum Gasteiger partial charge on any atom is -0.326 e. The summed E-state index contributed by atoms with van der Waals surface area (Å²) in [5, 5.41) is 23.6. The molecule has 1 heterocycles. The van der Waals surface area contributed by atoms with E-state index < -0.39 is 11.9 Å². The van der Waals surface area contributed by atoms with E-state index in [0.717, 1.165) is 4.90 Å². The first kappa shape index (κ1) is 28.8. The van der Waals surface area contributed by atoms with Crippen molar-refractivity contribution in [2.45, 2.75) is 26.7 Å². The van der Waals surface area contributed by atoms with Crippen LogP contribution in [0.3, 0.4) is 0 Å². The van der Waals surface area contributed by atoms with Crippen molar-refractivity contribution in [1.29, 1.82) is 10.5 Å². The molecule has 5 amide bonds. The summed E-state index contributed by atoms with van der Waals surface area (Å²) in [7, 11) is 0. The molecule has 0 spiro atoms. The molecule has 1 unspecified atom stereocenters. The summed E-state index contributed by atoms with van der Waals surface area (Å²) in [6.07, 6.45) is 4.58. The highest BCUT2D eigenvalue weighted by atomic mass is 35.5. The molecule has 10 nitrogen and oxygen atoms in total. The number of imide groups is 1. The molecule has 0 saturated carbocycles. The number of nitrogens with zero attached hydrogens (tertiary/aromatic N) is 4. The number of hydrogen-bond donors (Lipinski definition) is 2. The van der Waals surface area contributed by atoms with Crippen molar-refractivity contribution in [3.8, 4) is 12.1 Å². The second-order valence-electron chi connectivity index (χ2n) is 8.31. The second kappa shape index (κ2) is 13.6. The van der Waals surface area contributed by atoms with Crippen LogP contribution in [0.25, 0.3) is 0 Å². The van der Waals surface area contributed by atoms with Crippen molar-refractivity contribution in [3.63, 3.8) is 0 Å². The number of carbonyl (C=O) groups is 4. The Labute approximate surface area is 220 Å². The fourth-order valence-corrected chi connectivity index (χ4v) is 3.72. The van der Waals surface area contributed by atoms with Gasteiger partial charge in [-0.1, -0.05) is 31.2 Å². The molecule has 2 N–H and O–H groups in total. The van der Waals surface area contributed by atoms with Crippen LogP contribution in [0.5, 0.6) is 0 Å². The Hall–Kier alpha value is -4.41. The van der Waals surface area contributed by atoms with Crippen molar-refractivity contribution in [2.75, 3.05) is 25.0 Å². The van der Waals surface area contributed by atoms with Gasteiger partial charge in [-0.25, -0.2) is 4.79 Å². The summed E-state index contributed by atoms with van der Waals surface area (Å²) >= 11 is 5.99. The largest absolute Gasteiger partial charge is 0.328 e. The molecule has 192 valence electrons. The van der Waals surface area contributed by atoms with Gasteiger partial charge in [-0.05, 0) is 43.2 Å². The molecule has 1 atom stereocenters. The Morgan fingerprint density at radius 1 is 1.19 bits per heavy atom. The van der Waals surface area contributed by atoms with Gasteiger partial charge in [0.2, 0.25) is 11.8 Å². The Balaban J connectivity index is 2.03. The highest BCUT2D eigenvalue weighted by molar-refractivity contribution is 6.32. The number of allylic oxidation sites excluding steroid dienone is 1. The standard InChI is InChI=1S/C26H27ClN6O4/c1-4-33-25(36)18(3)14-20(6-5-10-32(11-9-28)26(33)37)30-23(34)12-17(2)13-24(35)31-21-8-7-19(16-29)22(27)15-21/h5-8,14-15,17H,3-4,10-13H2,1-2H3,(H,30,34)(H,31,35)/b6-5-,20-14+. The lowest BCUT2D eigenvalue weighted by Crippen LogP contribution is -2.47. The summed E-state index contributed by atoms with van der Waals surface area (Å²) in [5.74, 6) is -1.65. The molecule has 2 rings (SSSR count). The fraction of sp³-hybridized carbons (Fsp3) is 0.308. The van der Waals surface area contributed by atoms with Crippen LogP contribution in [0.15, 0.2) is 54.3 Å². The molecule has 0 aromatic heterocycles. The van der Waals surface area contributed by atoms with Gasteiger partial charge in [-0.15, -0.1) is 0 Å². The summed E-state index contributed by atoms with van der Waals surface area (Å²) in [4.78, 5) is 52.6. The average Bonchev–Trinajstić information content (AvgIpc) is 2.82. The molecule has 0 fully saturated rings. The van der Waals surface area contributed by atoms with Crippen molar-refractivity contribution in [3.05, 3.63) is 64.9 Å². The maximum atomic E-state index is 12.7. The second-order valence-corrected chi connectivity index (χ2v) is 8.72. The maximum Gasteiger partial charge on any atom is 0.328 e. The van der Waals surface area contributed by atoms with Gasteiger partial charge in [0.05, 0.1) is 16.7 Å². The molecular weight excluding hydrogens is 496 g/mol. The van der Waals surface area contributed by atoms with E-state index in [4.69, 9.17) is 22.1 Å². The van der Waals surface area contributed by atoms with Crippen molar-refractivity contribution >= 4 is 41.0 Å². The Kier molecular flexibility index (Phi) is 10.6. The van der Waals surface area contributed by atoms with Crippen LogP contribution in [0.2, 0.25) is 5.02 Å². The van der Waals surface area contributed by atoms with Crippen LogP contribution < -0.4 is 10.6 Å². The Morgan fingerprint density at radius 2 is 1.86 bits per heavy atom. The highest BCUT2D eigenvalue weighted by Crippen LogP contribution is 2.21. The van der Waals surface area contributed by atoms with Gasteiger partial charge in [0.25, 0.3) is 5.91 Å². The number of nitriles is 2. The van der Waals surface area contributed by atoms with E-state index in [2.05, 4.69) is 17.2 Å². The van der Waals surface area contributed by atoms with E-state index >= 15 is 0 Å². The molecule has 0 radical (unpaired) electrons. The van der Waals surface area contributed by atoms with Crippen molar-refractivity contribution in [2.24, 2.45) is 5.92 Å². The van der Waals surface area contributed by atoms with Crippen LogP contribution in [-0.4, -0.2) is 53.2 Å².